The molecule has 2 aromatic carbocycles. The van der Waals surface area contributed by atoms with E-state index in [9.17, 15) is 18.4 Å². The van der Waals surface area contributed by atoms with Crippen molar-refractivity contribution in [1.82, 2.24) is 14.7 Å². The molecule has 0 aliphatic carbocycles. The van der Waals surface area contributed by atoms with Gasteiger partial charge in [0.15, 0.2) is 11.6 Å². The van der Waals surface area contributed by atoms with Crippen molar-refractivity contribution in [3.63, 3.8) is 0 Å². The Labute approximate surface area is 187 Å². The first kappa shape index (κ1) is 23.7. The molecule has 172 valence electrons. The van der Waals surface area contributed by atoms with Crippen LogP contribution in [0.4, 0.5) is 8.78 Å². The van der Waals surface area contributed by atoms with E-state index in [1.54, 1.807) is 16.9 Å². The summed E-state index contributed by atoms with van der Waals surface area (Å²) in [6.07, 6.45) is 0.144. The van der Waals surface area contributed by atoms with Gasteiger partial charge in [0, 0.05) is 39.1 Å². The van der Waals surface area contributed by atoms with Gasteiger partial charge in [0.05, 0.1) is 13.0 Å². The molecule has 1 saturated heterocycles. The average molecular weight is 446 g/mol. The van der Waals surface area contributed by atoms with Crippen molar-refractivity contribution in [1.29, 1.82) is 0 Å². The molecular formula is C24H29F2N3O3. The largest absolute Gasteiger partial charge is 0.497 e. The van der Waals surface area contributed by atoms with E-state index in [0.717, 1.165) is 23.4 Å². The van der Waals surface area contributed by atoms with Gasteiger partial charge in [-0.15, -0.1) is 0 Å². The summed E-state index contributed by atoms with van der Waals surface area (Å²) in [5.74, 6) is -1.81. The highest BCUT2D eigenvalue weighted by molar-refractivity contribution is 5.89. The van der Waals surface area contributed by atoms with Crippen LogP contribution in [-0.4, -0.2) is 67.4 Å². The molecule has 0 N–H and O–H groups in total. The number of amides is 2. The minimum Gasteiger partial charge on any atom is -0.497 e. The van der Waals surface area contributed by atoms with Gasteiger partial charge in [0.2, 0.25) is 11.8 Å². The van der Waals surface area contributed by atoms with Gasteiger partial charge >= 0.3 is 0 Å². The molecule has 0 radical (unpaired) electrons. The van der Waals surface area contributed by atoms with Crippen LogP contribution in [-0.2, 0) is 22.7 Å². The van der Waals surface area contributed by atoms with E-state index in [1.165, 1.54) is 6.07 Å². The molecule has 0 aromatic heterocycles. The number of nitrogens with zero attached hydrogens (tertiary/aromatic N) is 3. The number of ether oxygens (including phenoxy) is 1. The van der Waals surface area contributed by atoms with Crippen LogP contribution in [0.25, 0.3) is 0 Å². The summed E-state index contributed by atoms with van der Waals surface area (Å²) >= 11 is 0. The van der Waals surface area contributed by atoms with Crippen LogP contribution in [0.3, 0.4) is 0 Å². The smallest absolute Gasteiger partial charge is 0.228 e. The maximum Gasteiger partial charge on any atom is 0.228 e. The number of rotatable bonds is 9. The van der Waals surface area contributed by atoms with Crippen molar-refractivity contribution < 1.29 is 23.1 Å². The lowest BCUT2D eigenvalue weighted by Crippen LogP contribution is -2.40. The van der Waals surface area contributed by atoms with E-state index < -0.39 is 17.6 Å². The van der Waals surface area contributed by atoms with Gasteiger partial charge in [-0.25, -0.2) is 8.78 Å². The molecule has 6 nitrogen and oxygen atoms in total. The molecule has 2 amide bonds. The third-order valence-electron chi connectivity index (χ3n) is 5.58. The monoisotopic (exact) mass is 445 g/mol. The fraction of sp³-hybridized carbons (Fsp3) is 0.417. The lowest BCUT2D eigenvalue weighted by Gasteiger charge is -2.27. The first-order valence-electron chi connectivity index (χ1n) is 10.5. The van der Waals surface area contributed by atoms with Crippen LogP contribution < -0.4 is 4.74 Å². The summed E-state index contributed by atoms with van der Waals surface area (Å²) in [6, 6.07) is 11.1. The highest BCUT2D eigenvalue weighted by Crippen LogP contribution is 2.24. The molecule has 2 aromatic rings. The highest BCUT2D eigenvalue weighted by atomic mass is 19.2. The molecular weight excluding hydrogens is 416 g/mol. The standard InChI is InChI=1S/C24H29F2N3O3/c1-27(2)10-11-28(15-18-6-9-21(25)22(26)12-18)24(31)19-13-23(30)29(16-19)14-17-4-7-20(32-3)8-5-17/h4-9,12,19H,10-11,13-16H2,1-3H3. The van der Waals surface area contributed by atoms with Crippen molar-refractivity contribution in [2.75, 3.05) is 40.8 Å². The highest BCUT2D eigenvalue weighted by Gasteiger charge is 2.36. The number of likely N-dealkylation sites (N-methyl/N-ethyl adjacent to an activating group) is 1. The summed E-state index contributed by atoms with van der Waals surface area (Å²) in [5.41, 5.74) is 1.47. The van der Waals surface area contributed by atoms with E-state index in [1.807, 2.05) is 43.3 Å². The molecule has 1 aliphatic heterocycles. The van der Waals surface area contributed by atoms with E-state index >= 15 is 0 Å². The number of benzene rings is 2. The Bertz CT molecular complexity index is 950. The van der Waals surface area contributed by atoms with E-state index in [4.69, 9.17) is 4.74 Å². The minimum atomic E-state index is -0.941. The SMILES string of the molecule is COc1ccc(CN2CC(C(=O)N(CCN(C)C)Cc3ccc(F)c(F)c3)CC2=O)cc1. The number of hydrogen-bond acceptors (Lipinski definition) is 4. The lowest BCUT2D eigenvalue weighted by atomic mass is 10.1. The third-order valence-corrected chi connectivity index (χ3v) is 5.58. The molecule has 0 spiro atoms. The molecule has 0 saturated carbocycles. The molecule has 1 fully saturated rings. The quantitative estimate of drug-likeness (QED) is 0.596. The van der Waals surface area contributed by atoms with Crippen LogP contribution in [0.2, 0.25) is 0 Å². The summed E-state index contributed by atoms with van der Waals surface area (Å²) < 4.78 is 32.1. The topological polar surface area (TPSA) is 53.1 Å². The number of carbonyl (C=O) groups excluding carboxylic acids is 2. The van der Waals surface area contributed by atoms with Gasteiger partial charge in [0.25, 0.3) is 0 Å². The zero-order valence-corrected chi connectivity index (χ0v) is 18.7. The number of halogens is 2. The van der Waals surface area contributed by atoms with E-state index in [0.29, 0.717) is 31.7 Å². The van der Waals surface area contributed by atoms with Gasteiger partial charge in [0.1, 0.15) is 5.75 Å². The van der Waals surface area contributed by atoms with Crippen molar-refractivity contribution in [2.45, 2.75) is 19.5 Å². The molecule has 1 unspecified atom stereocenters. The van der Waals surface area contributed by atoms with Crippen molar-refractivity contribution >= 4 is 11.8 Å². The van der Waals surface area contributed by atoms with Crippen LogP contribution in [0.1, 0.15) is 17.5 Å². The van der Waals surface area contributed by atoms with Crippen LogP contribution in [0.5, 0.6) is 5.75 Å². The van der Waals surface area contributed by atoms with Crippen LogP contribution in [0.15, 0.2) is 42.5 Å². The van der Waals surface area contributed by atoms with Crippen LogP contribution in [0, 0.1) is 17.6 Å². The number of hydrogen-bond donors (Lipinski definition) is 0. The zero-order valence-electron chi connectivity index (χ0n) is 18.7. The van der Waals surface area contributed by atoms with Gasteiger partial charge in [-0.3, -0.25) is 9.59 Å². The fourth-order valence-corrected chi connectivity index (χ4v) is 3.75. The number of likely N-dealkylation sites (tertiary alicyclic amines) is 1. The van der Waals surface area contributed by atoms with Crippen LogP contribution >= 0.6 is 0 Å². The van der Waals surface area contributed by atoms with E-state index in [-0.39, 0.29) is 24.8 Å². The average Bonchev–Trinajstić information content (AvgIpc) is 3.13. The van der Waals surface area contributed by atoms with Gasteiger partial charge < -0.3 is 19.4 Å². The van der Waals surface area contributed by atoms with Crippen molar-refractivity contribution in [3.05, 3.63) is 65.2 Å². The molecule has 0 bridgehead atoms. The Balaban J connectivity index is 1.68. The summed E-state index contributed by atoms with van der Waals surface area (Å²) in [6.45, 7) is 1.96. The van der Waals surface area contributed by atoms with E-state index in [2.05, 4.69) is 0 Å². The molecule has 8 heteroatoms. The zero-order chi connectivity index (χ0) is 23.3. The van der Waals surface area contributed by atoms with Gasteiger partial charge in [-0.1, -0.05) is 18.2 Å². The summed E-state index contributed by atoms with van der Waals surface area (Å²) in [4.78, 5) is 31.1. The maximum atomic E-state index is 13.7. The Kier molecular flexibility index (Phi) is 7.80. The third kappa shape index (κ3) is 6.03. The predicted molar refractivity (Wildman–Crippen MR) is 117 cm³/mol. The Morgan fingerprint density at radius 3 is 2.38 bits per heavy atom. The summed E-state index contributed by atoms with van der Waals surface area (Å²) in [7, 11) is 5.39. The lowest BCUT2D eigenvalue weighted by molar-refractivity contribution is -0.136. The first-order valence-corrected chi connectivity index (χ1v) is 10.5. The molecule has 32 heavy (non-hydrogen) atoms. The predicted octanol–water partition coefficient (Wildman–Crippen LogP) is 2.91. The minimum absolute atomic E-state index is 0.0699. The maximum absolute atomic E-state index is 13.7. The second-order valence-corrected chi connectivity index (χ2v) is 8.33. The fourth-order valence-electron chi connectivity index (χ4n) is 3.75. The molecule has 1 heterocycles. The first-order chi connectivity index (χ1) is 15.3. The van der Waals surface area contributed by atoms with Gasteiger partial charge in [-0.2, -0.15) is 0 Å². The Hall–Kier alpha value is -3.00. The van der Waals surface area contributed by atoms with Gasteiger partial charge in [-0.05, 0) is 49.5 Å². The molecule has 3 rings (SSSR count). The second kappa shape index (κ2) is 10.5. The van der Waals surface area contributed by atoms with Crippen molar-refractivity contribution in [3.8, 4) is 5.75 Å². The molecule has 1 atom stereocenters. The number of methoxy groups -OCH3 is 1. The normalized spacial score (nSPS) is 16.0. The Morgan fingerprint density at radius 1 is 1.06 bits per heavy atom. The second-order valence-electron chi connectivity index (χ2n) is 8.33. The number of carbonyl (C=O) groups is 2. The summed E-state index contributed by atoms with van der Waals surface area (Å²) in [5, 5.41) is 0. The Morgan fingerprint density at radius 2 is 1.75 bits per heavy atom. The molecule has 1 aliphatic rings. The van der Waals surface area contributed by atoms with Crippen molar-refractivity contribution in [2.24, 2.45) is 5.92 Å².